The minimum absolute atomic E-state index is 0.00321. The number of rotatable bonds is 9. The van der Waals surface area contributed by atoms with Crippen LogP contribution in [-0.4, -0.2) is 79.1 Å². The molecule has 2 aliphatic heterocycles. The molecule has 2 heterocycles. The van der Waals surface area contributed by atoms with E-state index in [0.29, 0.717) is 49.9 Å². The molecule has 0 aromatic heterocycles. The molecule has 0 saturated carbocycles. The molecule has 3 amide bonds. The summed E-state index contributed by atoms with van der Waals surface area (Å²) in [5.41, 5.74) is 6.50. The molecule has 0 spiro atoms. The van der Waals surface area contributed by atoms with Crippen molar-refractivity contribution in [1.82, 2.24) is 15.5 Å². The number of likely N-dealkylation sites (tertiary alicyclic amines) is 1. The molecule has 2 fully saturated rings. The van der Waals surface area contributed by atoms with Crippen molar-refractivity contribution >= 4 is 17.8 Å². The Morgan fingerprint density at radius 2 is 2.09 bits per heavy atom. The summed E-state index contributed by atoms with van der Waals surface area (Å²) in [6.45, 7) is 4.07. The van der Waals surface area contributed by atoms with E-state index in [1.807, 2.05) is 13.0 Å². The molecule has 35 heavy (non-hydrogen) atoms. The molecule has 1 aromatic carbocycles. The summed E-state index contributed by atoms with van der Waals surface area (Å²) in [6, 6.07) is 4.74. The molecular weight excluding hydrogens is 460 g/mol. The van der Waals surface area contributed by atoms with Gasteiger partial charge >= 0.3 is 6.03 Å². The van der Waals surface area contributed by atoms with Crippen molar-refractivity contribution in [2.24, 2.45) is 16.6 Å². The normalized spacial score (nSPS) is 21.4. The van der Waals surface area contributed by atoms with Crippen molar-refractivity contribution < 1.29 is 28.2 Å². The Morgan fingerprint density at radius 1 is 1.34 bits per heavy atom. The highest BCUT2D eigenvalue weighted by Crippen LogP contribution is 2.23. The van der Waals surface area contributed by atoms with Crippen LogP contribution in [0, 0.1) is 12.8 Å². The second kappa shape index (κ2) is 12.8. The van der Waals surface area contributed by atoms with Gasteiger partial charge < -0.3 is 31.1 Å². The number of hydrogen-bond acceptors (Lipinski definition) is 5. The molecule has 2 saturated heterocycles. The summed E-state index contributed by atoms with van der Waals surface area (Å²) in [4.78, 5) is 29.2. The number of aliphatic hydroxyl groups excluding tert-OH is 1. The van der Waals surface area contributed by atoms with Gasteiger partial charge in [0.1, 0.15) is 5.75 Å². The number of nitrogens with one attached hydrogen (secondary N) is 2. The van der Waals surface area contributed by atoms with Gasteiger partial charge in [-0.3, -0.25) is 4.79 Å². The van der Waals surface area contributed by atoms with Crippen molar-refractivity contribution in [3.8, 4) is 5.75 Å². The molecule has 0 aliphatic carbocycles. The third kappa shape index (κ3) is 7.86. The number of carbonyl (C=O) groups is 2. The number of halogens is 2. The van der Waals surface area contributed by atoms with Crippen LogP contribution in [0.5, 0.6) is 5.75 Å². The van der Waals surface area contributed by atoms with Crippen molar-refractivity contribution in [3.63, 3.8) is 0 Å². The van der Waals surface area contributed by atoms with E-state index < -0.39 is 18.3 Å². The lowest BCUT2D eigenvalue weighted by Gasteiger charge is -2.30. The number of benzene rings is 1. The second-order valence-electron chi connectivity index (χ2n) is 9.21. The van der Waals surface area contributed by atoms with Gasteiger partial charge in [-0.15, -0.1) is 0 Å². The number of alkyl halides is 2. The standard InChI is InChI=1S/C24H35F2N5O4/c1-15-11-19(4-5-20(15)23(33)29-17-12-18(14-32)28-13-17)35-10-2-3-16-6-8-31(9-7-16)24(34)30-22(27)21(25)26/h4-5,11,16-18,21,28,32H,2-3,6-10,12-14H2,1H3,(H,29,33)(H2,27,30,34). The Labute approximate surface area is 204 Å². The summed E-state index contributed by atoms with van der Waals surface area (Å²) in [7, 11) is 0. The van der Waals surface area contributed by atoms with Crippen molar-refractivity contribution in [2.45, 2.75) is 57.5 Å². The van der Waals surface area contributed by atoms with Crippen LogP contribution in [0.2, 0.25) is 0 Å². The minimum Gasteiger partial charge on any atom is -0.494 e. The van der Waals surface area contributed by atoms with Crippen LogP contribution >= 0.6 is 0 Å². The third-order valence-electron chi connectivity index (χ3n) is 6.58. The van der Waals surface area contributed by atoms with Gasteiger partial charge in [0.25, 0.3) is 12.3 Å². The van der Waals surface area contributed by atoms with Gasteiger partial charge in [0.15, 0.2) is 5.84 Å². The number of aliphatic hydroxyl groups is 1. The van der Waals surface area contributed by atoms with Gasteiger partial charge in [-0.1, -0.05) is 0 Å². The Kier molecular flexibility index (Phi) is 9.79. The predicted molar refractivity (Wildman–Crippen MR) is 128 cm³/mol. The van der Waals surface area contributed by atoms with E-state index in [4.69, 9.17) is 10.5 Å². The topological polar surface area (TPSA) is 129 Å². The zero-order chi connectivity index (χ0) is 25.4. The summed E-state index contributed by atoms with van der Waals surface area (Å²) < 4.78 is 30.7. The van der Waals surface area contributed by atoms with Crippen LogP contribution in [0.1, 0.15) is 48.0 Å². The fourth-order valence-corrected chi connectivity index (χ4v) is 4.52. The number of nitrogens with two attached hydrogens (primary N) is 1. The van der Waals surface area contributed by atoms with E-state index in [-0.39, 0.29) is 24.6 Å². The average molecular weight is 496 g/mol. The number of nitrogens with zero attached hydrogens (tertiary/aromatic N) is 2. The molecule has 2 unspecified atom stereocenters. The number of carbonyl (C=O) groups excluding carboxylic acids is 2. The Morgan fingerprint density at radius 3 is 2.71 bits per heavy atom. The van der Waals surface area contributed by atoms with Crippen LogP contribution in [-0.2, 0) is 0 Å². The van der Waals surface area contributed by atoms with Gasteiger partial charge in [0, 0.05) is 37.3 Å². The fraction of sp³-hybridized carbons (Fsp3) is 0.625. The molecule has 9 nitrogen and oxygen atoms in total. The summed E-state index contributed by atoms with van der Waals surface area (Å²) in [6.07, 6.45) is 1.14. The van der Waals surface area contributed by atoms with Crippen molar-refractivity contribution in [1.29, 1.82) is 0 Å². The number of piperidine rings is 1. The first kappa shape index (κ1) is 26.8. The first-order valence-corrected chi connectivity index (χ1v) is 12.1. The lowest BCUT2D eigenvalue weighted by molar-refractivity contribution is 0.0938. The lowest BCUT2D eigenvalue weighted by Crippen LogP contribution is -2.38. The van der Waals surface area contributed by atoms with E-state index in [9.17, 15) is 23.5 Å². The highest BCUT2D eigenvalue weighted by molar-refractivity contribution is 5.96. The maximum atomic E-state index is 12.6. The minimum atomic E-state index is -2.93. The van der Waals surface area contributed by atoms with Gasteiger partial charge in [0.2, 0.25) is 0 Å². The molecule has 194 valence electrons. The first-order chi connectivity index (χ1) is 16.8. The average Bonchev–Trinajstić information content (AvgIpc) is 3.29. The van der Waals surface area contributed by atoms with Crippen LogP contribution in [0.3, 0.4) is 0 Å². The van der Waals surface area contributed by atoms with Crippen LogP contribution < -0.4 is 21.1 Å². The quantitative estimate of drug-likeness (QED) is 0.236. The fourth-order valence-electron chi connectivity index (χ4n) is 4.52. The number of hydrogen-bond donors (Lipinski definition) is 4. The van der Waals surface area contributed by atoms with Crippen molar-refractivity contribution in [3.05, 3.63) is 29.3 Å². The number of aliphatic imine (C=N–C) groups is 1. The smallest absolute Gasteiger partial charge is 0.345 e. The second-order valence-corrected chi connectivity index (χ2v) is 9.21. The SMILES string of the molecule is Cc1cc(OCCCC2CCN(C(=O)N=C(N)C(F)F)CC2)ccc1C(=O)NC1CNC(CO)C1. The highest BCUT2D eigenvalue weighted by Gasteiger charge is 2.26. The van der Waals surface area contributed by atoms with E-state index in [1.165, 1.54) is 4.90 Å². The molecule has 2 atom stereocenters. The van der Waals surface area contributed by atoms with Crippen LogP contribution in [0.4, 0.5) is 13.6 Å². The molecule has 5 N–H and O–H groups in total. The highest BCUT2D eigenvalue weighted by atomic mass is 19.3. The molecule has 0 bridgehead atoms. The largest absolute Gasteiger partial charge is 0.494 e. The maximum absolute atomic E-state index is 12.6. The predicted octanol–water partition coefficient (Wildman–Crippen LogP) is 2.06. The van der Waals surface area contributed by atoms with E-state index in [1.54, 1.807) is 12.1 Å². The third-order valence-corrected chi connectivity index (χ3v) is 6.58. The Bertz CT molecular complexity index is 906. The Hall–Kier alpha value is -2.79. The molecule has 0 radical (unpaired) electrons. The zero-order valence-corrected chi connectivity index (χ0v) is 20.0. The van der Waals surface area contributed by atoms with Crippen molar-refractivity contribution in [2.75, 3.05) is 32.8 Å². The zero-order valence-electron chi connectivity index (χ0n) is 20.0. The monoisotopic (exact) mass is 495 g/mol. The number of amidine groups is 1. The molecule has 2 aliphatic rings. The number of aryl methyl sites for hydroxylation is 1. The van der Waals surface area contributed by atoms with Gasteiger partial charge in [0.05, 0.1) is 13.2 Å². The first-order valence-electron chi connectivity index (χ1n) is 12.1. The van der Waals surface area contributed by atoms with E-state index in [0.717, 1.165) is 31.2 Å². The molecule has 1 aromatic rings. The summed E-state index contributed by atoms with van der Waals surface area (Å²) in [5.74, 6) is 0.0616. The lowest BCUT2D eigenvalue weighted by atomic mass is 9.92. The molecule has 11 heteroatoms. The summed E-state index contributed by atoms with van der Waals surface area (Å²) in [5, 5.41) is 15.4. The van der Waals surface area contributed by atoms with E-state index in [2.05, 4.69) is 15.6 Å². The number of urea groups is 1. The molecular formula is C24H35F2N5O4. The van der Waals surface area contributed by atoms with Crippen LogP contribution in [0.25, 0.3) is 0 Å². The van der Waals surface area contributed by atoms with E-state index >= 15 is 0 Å². The van der Waals surface area contributed by atoms with Gasteiger partial charge in [-0.2, -0.15) is 4.99 Å². The maximum Gasteiger partial charge on any atom is 0.345 e. The molecule has 3 rings (SSSR count). The summed E-state index contributed by atoms with van der Waals surface area (Å²) >= 11 is 0. The number of ether oxygens (including phenoxy) is 1. The number of amides is 3. The Balaban J connectivity index is 1.36. The van der Waals surface area contributed by atoms with Crippen LogP contribution in [0.15, 0.2) is 23.2 Å². The van der Waals surface area contributed by atoms with Gasteiger partial charge in [-0.25, -0.2) is 13.6 Å². The van der Waals surface area contributed by atoms with Gasteiger partial charge in [-0.05, 0) is 68.7 Å².